The molecular formula is C25H28F3NO2S. The summed E-state index contributed by atoms with van der Waals surface area (Å²) in [6.07, 6.45) is 4.18. The van der Waals surface area contributed by atoms with Crippen LogP contribution in [0.4, 0.5) is 13.2 Å². The van der Waals surface area contributed by atoms with Gasteiger partial charge in [0.05, 0.1) is 6.61 Å². The molecule has 7 heteroatoms. The number of piperidine rings is 1. The van der Waals surface area contributed by atoms with E-state index in [1.807, 2.05) is 24.3 Å². The van der Waals surface area contributed by atoms with Gasteiger partial charge in [0, 0.05) is 17.4 Å². The van der Waals surface area contributed by atoms with Gasteiger partial charge in [-0.3, -0.25) is 0 Å². The lowest BCUT2D eigenvalue weighted by atomic mass is 9.63. The van der Waals surface area contributed by atoms with E-state index in [1.165, 1.54) is 25.0 Å². The fraction of sp³-hybridized carbons (Fsp3) is 0.520. The molecule has 1 saturated heterocycles. The molecular weight excluding hydrogens is 435 g/mol. The first-order valence-corrected chi connectivity index (χ1v) is 12.2. The predicted molar refractivity (Wildman–Crippen MR) is 119 cm³/mol. The number of halogens is 3. The standard InChI is InChI=1S/C25H28F3NO2S/c26-25(27,28)32-18-7-8-20-21(15-30)19-3-1-2-4-22(19)24(31,23(20)13-18)17-9-11-29(12-10-17)14-16-5-6-16/h1-4,7-8,13,16-17,21,30-31H,5-6,9-12,14-15H2. The summed E-state index contributed by atoms with van der Waals surface area (Å²) in [6, 6.07) is 12.2. The number of hydrogen-bond donors (Lipinski definition) is 2. The lowest BCUT2D eigenvalue weighted by Crippen LogP contribution is -2.47. The molecule has 3 aliphatic rings. The van der Waals surface area contributed by atoms with E-state index in [-0.39, 0.29) is 35.1 Å². The Morgan fingerprint density at radius 3 is 2.31 bits per heavy atom. The Morgan fingerprint density at radius 2 is 1.66 bits per heavy atom. The van der Waals surface area contributed by atoms with Gasteiger partial charge in [-0.15, -0.1) is 0 Å². The third-order valence-electron chi connectivity index (χ3n) is 7.37. The van der Waals surface area contributed by atoms with Crippen LogP contribution in [0, 0.1) is 11.8 Å². The van der Waals surface area contributed by atoms with Crippen LogP contribution >= 0.6 is 11.8 Å². The van der Waals surface area contributed by atoms with E-state index in [1.54, 1.807) is 6.07 Å². The highest BCUT2D eigenvalue weighted by molar-refractivity contribution is 8.00. The van der Waals surface area contributed by atoms with Crippen molar-refractivity contribution in [2.45, 2.75) is 47.6 Å². The molecule has 0 spiro atoms. The van der Waals surface area contributed by atoms with E-state index in [2.05, 4.69) is 4.90 Å². The van der Waals surface area contributed by atoms with Crippen molar-refractivity contribution in [2.75, 3.05) is 26.2 Å². The molecule has 2 aliphatic carbocycles. The summed E-state index contributed by atoms with van der Waals surface area (Å²) in [6.45, 7) is 2.73. The van der Waals surface area contributed by atoms with Gasteiger partial charge >= 0.3 is 5.51 Å². The van der Waals surface area contributed by atoms with Crippen LogP contribution in [0.2, 0.25) is 0 Å². The summed E-state index contributed by atoms with van der Waals surface area (Å²) in [5, 5.41) is 22.5. The summed E-state index contributed by atoms with van der Waals surface area (Å²) in [4.78, 5) is 2.52. The molecule has 1 heterocycles. The first-order chi connectivity index (χ1) is 15.3. The molecule has 2 N–H and O–H groups in total. The van der Waals surface area contributed by atoms with E-state index in [0.717, 1.165) is 55.1 Å². The SMILES string of the molecule is OCC1c2ccccc2C(O)(C2CCN(CC3CC3)CC2)c2cc(SC(F)(F)F)ccc21. The van der Waals surface area contributed by atoms with Gasteiger partial charge in [-0.25, -0.2) is 0 Å². The van der Waals surface area contributed by atoms with Gasteiger partial charge in [-0.2, -0.15) is 13.2 Å². The van der Waals surface area contributed by atoms with Crippen molar-refractivity contribution < 1.29 is 23.4 Å². The summed E-state index contributed by atoms with van der Waals surface area (Å²) >= 11 is -0.157. The number of benzene rings is 2. The lowest BCUT2D eigenvalue weighted by Gasteiger charge is -2.47. The molecule has 2 fully saturated rings. The maximum absolute atomic E-state index is 13.1. The van der Waals surface area contributed by atoms with Crippen molar-refractivity contribution in [3.8, 4) is 0 Å². The molecule has 1 saturated carbocycles. The van der Waals surface area contributed by atoms with Crippen molar-refractivity contribution in [3.63, 3.8) is 0 Å². The quantitative estimate of drug-likeness (QED) is 0.606. The summed E-state index contributed by atoms with van der Waals surface area (Å²) in [5.74, 6) is 0.350. The van der Waals surface area contributed by atoms with Crippen LogP contribution < -0.4 is 0 Å². The molecule has 2 aromatic carbocycles. The summed E-state index contributed by atoms with van der Waals surface area (Å²) in [7, 11) is 0. The number of hydrogen-bond acceptors (Lipinski definition) is 4. The fourth-order valence-electron chi connectivity index (χ4n) is 5.66. The highest BCUT2D eigenvalue weighted by Gasteiger charge is 2.48. The van der Waals surface area contributed by atoms with E-state index in [9.17, 15) is 23.4 Å². The number of rotatable bonds is 5. The minimum Gasteiger partial charge on any atom is -0.395 e. The van der Waals surface area contributed by atoms with Gasteiger partial charge in [0.25, 0.3) is 0 Å². The average molecular weight is 464 g/mol. The van der Waals surface area contributed by atoms with E-state index >= 15 is 0 Å². The maximum Gasteiger partial charge on any atom is 0.446 e. The van der Waals surface area contributed by atoms with Crippen LogP contribution in [0.3, 0.4) is 0 Å². The third kappa shape index (κ3) is 4.09. The Morgan fingerprint density at radius 1 is 0.969 bits per heavy atom. The summed E-state index contributed by atoms with van der Waals surface area (Å²) in [5.41, 5.74) is -2.94. The highest BCUT2D eigenvalue weighted by atomic mass is 32.2. The highest BCUT2D eigenvalue weighted by Crippen LogP contribution is 2.52. The van der Waals surface area contributed by atoms with Crippen molar-refractivity contribution in [1.82, 2.24) is 4.90 Å². The zero-order valence-electron chi connectivity index (χ0n) is 17.8. The van der Waals surface area contributed by atoms with Gasteiger partial charge in [0.2, 0.25) is 0 Å². The molecule has 2 atom stereocenters. The first-order valence-electron chi connectivity index (χ1n) is 11.3. The molecule has 0 aromatic heterocycles. The molecule has 2 aromatic rings. The Hall–Kier alpha value is -1.54. The second-order valence-electron chi connectivity index (χ2n) is 9.40. The number of alkyl halides is 3. The number of fused-ring (bicyclic) bond motifs is 2. The maximum atomic E-state index is 13.1. The van der Waals surface area contributed by atoms with Crippen molar-refractivity contribution in [3.05, 3.63) is 64.7 Å². The van der Waals surface area contributed by atoms with E-state index < -0.39 is 11.1 Å². The predicted octanol–water partition coefficient (Wildman–Crippen LogP) is 5.09. The lowest BCUT2D eigenvalue weighted by molar-refractivity contribution is -0.0329. The van der Waals surface area contributed by atoms with Crippen LogP contribution in [0.5, 0.6) is 0 Å². The first kappa shape index (κ1) is 22.3. The molecule has 0 bridgehead atoms. The molecule has 2 unspecified atom stereocenters. The molecule has 0 amide bonds. The molecule has 172 valence electrons. The van der Waals surface area contributed by atoms with Crippen molar-refractivity contribution >= 4 is 11.8 Å². The third-order valence-corrected chi connectivity index (χ3v) is 8.09. The number of aliphatic hydroxyl groups excluding tert-OH is 1. The number of thioether (sulfide) groups is 1. The van der Waals surface area contributed by atoms with Gasteiger partial charge in [0.1, 0.15) is 5.60 Å². The summed E-state index contributed by atoms with van der Waals surface area (Å²) < 4.78 is 39.3. The van der Waals surface area contributed by atoms with Crippen molar-refractivity contribution in [2.24, 2.45) is 11.8 Å². The Balaban J connectivity index is 1.56. The molecule has 32 heavy (non-hydrogen) atoms. The molecule has 3 nitrogen and oxygen atoms in total. The fourth-order valence-corrected chi connectivity index (χ4v) is 6.24. The Kier molecular flexibility index (Phi) is 5.81. The number of aliphatic hydroxyl groups is 2. The second kappa shape index (κ2) is 8.35. The van der Waals surface area contributed by atoms with Crippen LogP contribution in [0.15, 0.2) is 47.4 Å². The van der Waals surface area contributed by atoms with Crippen LogP contribution in [0.25, 0.3) is 0 Å². The van der Waals surface area contributed by atoms with Gasteiger partial charge < -0.3 is 15.1 Å². The normalized spacial score (nSPS) is 26.6. The topological polar surface area (TPSA) is 43.7 Å². The zero-order valence-corrected chi connectivity index (χ0v) is 18.6. The minimum atomic E-state index is -4.40. The van der Waals surface area contributed by atoms with Crippen molar-refractivity contribution in [1.29, 1.82) is 0 Å². The number of nitrogens with zero attached hydrogens (tertiary/aromatic N) is 1. The van der Waals surface area contributed by atoms with Crippen LogP contribution in [-0.2, 0) is 5.60 Å². The van der Waals surface area contributed by atoms with Gasteiger partial charge in [0.15, 0.2) is 0 Å². The monoisotopic (exact) mass is 463 g/mol. The van der Waals surface area contributed by atoms with E-state index in [0.29, 0.717) is 5.56 Å². The Labute approximate surface area is 190 Å². The second-order valence-corrected chi connectivity index (χ2v) is 10.5. The van der Waals surface area contributed by atoms with Crippen LogP contribution in [-0.4, -0.2) is 46.9 Å². The van der Waals surface area contributed by atoms with Crippen LogP contribution in [0.1, 0.15) is 53.9 Å². The van der Waals surface area contributed by atoms with E-state index in [4.69, 9.17) is 0 Å². The molecule has 5 rings (SSSR count). The largest absolute Gasteiger partial charge is 0.446 e. The minimum absolute atomic E-state index is 0.0666. The Bertz CT molecular complexity index is 985. The molecule has 1 aliphatic heterocycles. The zero-order chi connectivity index (χ0) is 22.5. The smallest absolute Gasteiger partial charge is 0.395 e. The number of likely N-dealkylation sites (tertiary alicyclic amines) is 1. The van der Waals surface area contributed by atoms with Gasteiger partial charge in [-0.1, -0.05) is 30.3 Å². The molecule has 0 radical (unpaired) electrons. The average Bonchev–Trinajstić information content (AvgIpc) is 3.58. The van der Waals surface area contributed by atoms with Gasteiger partial charge in [-0.05, 0) is 96.8 Å².